The number of halogens is 2. The minimum absolute atomic E-state index is 0.147. The molecule has 1 saturated carbocycles. The van der Waals surface area contributed by atoms with Gasteiger partial charge >= 0.3 is 0 Å². The maximum absolute atomic E-state index is 12.9. The molecule has 146 valence electrons. The molecule has 0 aliphatic heterocycles. The highest BCUT2D eigenvalue weighted by molar-refractivity contribution is 5.98. The fraction of sp³-hybridized carbons (Fsp3) is 0.500. The van der Waals surface area contributed by atoms with Gasteiger partial charge in [-0.05, 0) is 31.9 Å². The van der Waals surface area contributed by atoms with Crippen LogP contribution in [0.15, 0.2) is 24.5 Å². The second kappa shape index (κ2) is 7.59. The molecule has 0 bridgehead atoms. The number of aromatic nitrogens is 3. The predicted octanol–water partition coefficient (Wildman–Crippen LogP) is 3.10. The predicted molar refractivity (Wildman–Crippen MR) is 96.0 cm³/mol. The molecule has 1 unspecified atom stereocenters. The Labute approximate surface area is 155 Å². The van der Waals surface area contributed by atoms with Crippen LogP contribution in [0.4, 0.5) is 20.3 Å². The first-order valence-electron chi connectivity index (χ1n) is 8.92. The van der Waals surface area contributed by atoms with Crippen LogP contribution in [0, 0.1) is 0 Å². The molecule has 1 amide bonds. The minimum Gasteiger partial charge on any atom is -0.378 e. The van der Waals surface area contributed by atoms with Crippen molar-refractivity contribution in [3.8, 4) is 0 Å². The molecule has 4 N–H and O–H groups in total. The van der Waals surface area contributed by atoms with Crippen molar-refractivity contribution in [1.82, 2.24) is 14.8 Å². The molecule has 1 fully saturated rings. The minimum atomic E-state index is -2.96. The summed E-state index contributed by atoms with van der Waals surface area (Å²) in [6.45, 7) is 1.00. The number of primary amides is 1. The fourth-order valence-electron chi connectivity index (χ4n) is 3.21. The molecule has 0 spiro atoms. The molecule has 1 aliphatic rings. The first-order valence-corrected chi connectivity index (χ1v) is 8.92. The number of amides is 1. The number of hydrogen-bond donors (Lipinski definition) is 3. The fourth-order valence-corrected chi connectivity index (χ4v) is 3.21. The lowest BCUT2D eigenvalue weighted by Gasteiger charge is -2.22. The quantitative estimate of drug-likeness (QED) is 0.715. The van der Waals surface area contributed by atoms with Gasteiger partial charge in [0.25, 0.3) is 12.3 Å². The summed E-state index contributed by atoms with van der Waals surface area (Å²) in [4.78, 5) is 15.7. The van der Waals surface area contributed by atoms with Crippen LogP contribution < -0.4 is 11.1 Å². The van der Waals surface area contributed by atoms with E-state index in [1.54, 1.807) is 10.9 Å². The van der Waals surface area contributed by atoms with Crippen LogP contribution in [0.1, 0.15) is 61.1 Å². The topological polar surface area (TPSA) is 106 Å². The van der Waals surface area contributed by atoms with Crippen molar-refractivity contribution in [2.45, 2.75) is 57.1 Å². The third-order valence-corrected chi connectivity index (χ3v) is 4.92. The highest BCUT2D eigenvalue weighted by Gasteiger charge is 2.35. The van der Waals surface area contributed by atoms with Gasteiger partial charge in [-0.25, -0.2) is 8.78 Å². The van der Waals surface area contributed by atoms with Gasteiger partial charge in [0.1, 0.15) is 5.56 Å². The monoisotopic (exact) mass is 379 g/mol. The zero-order valence-electron chi connectivity index (χ0n) is 15.0. The van der Waals surface area contributed by atoms with E-state index in [1.165, 1.54) is 24.8 Å². The number of anilines is 2. The molecule has 9 heteroatoms. The van der Waals surface area contributed by atoms with E-state index in [0.717, 1.165) is 32.6 Å². The highest BCUT2D eigenvalue weighted by atomic mass is 19.3. The maximum Gasteiger partial charge on any atom is 0.272 e. The summed E-state index contributed by atoms with van der Waals surface area (Å²) < 4.78 is 27.6. The van der Waals surface area contributed by atoms with Crippen molar-refractivity contribution in [2.75, 3.05) is 5.32 Å². The molecule has 0 radical (unpaired) electrons. The largest absolute Gasteiger partial charge is 0.378 e. The lowest BCUT2D eigenvalue weighted by molar-refractivity contribution is -0.0910. The van der Waals surface area contributed by atoms with E-state index >= 15 is 0 Å². The summed E-state index contributed by atoms with van der Waals surface area (Å²) in [6, 6.07) is 3.02. The number of pyridine rings is 1. The van der Waals surface area contributed by atoms with Crippen LogP contribution in [0.5, 0.6) is 0 Å². The van der Waals surface area contributed by atoms with E-state index in [1.807, 2.05) is 0 Å². The highest BCUT2D eigenvalue weighted by Crippen LogP contribution is 2.30. The zero-order chi connectivity index (χ0) is 19.6. The number of alkyl halides is 2. The van der Waals surface area contributed by atoms with Crippen LogP contribution in [0.25, 0.3) is 0 Å². The Morgan fingerprint density at radius 1 is 1.37 bits per heavy atom. The van der Waals surface area contributed by atoms with Gasteiger partial charge in [-0.15, -0.1) is 0 Å². The van der Waals surface area contributed by atoms with Gasteiger partial charge in [-0.2, -0.15) is 5.10 Å². The molecule has 0 saturated heterocycles. The summed E-state index contributed by atoms with van der Waals surface area (Å²) >= 11 is 0. The van der Waals surface area contributed by atoms with E-state index in [9.17, 15) is 18.7 Å². The smallest absolute Gasteiger partial charge is 0.272 e. The first-order chi connectivity index (χ1) is 12.8. The molecule has 2 heterocycles. The SMILES string of the molecule is CC(O)(c1ccc(Nc2nn(C3CCCCC3)cc2C(N)=O)cn1)C(F)F. The standard InChI is InChI=1S/C18H23F2N5O2/c1-18(27,17(19)20)14-8-7-11(9-22-14)23-16-13(15(21)26)10-25(24-16)12-5-3-2-4-6-12/h7-10,12,17,27H,2-6H2,1H3,(H2,21,26)(H,23,24). The van der Waals surface area contributed by atoms with Gasteiger partial charge in [0.2, 0.25) is 0 Å². The van der Waals surface area contributed by atoms with E-state index in [4.69, 9.17) is 5.73 Å². The lowest BCUT2D eigenvalue weighted by atomic mass is 9.96. The second-order valence-electron chi connectivity index (χ2n) is 7.03. The average molecular weight is 379 g/mol. The normalized spacial score (nSPS) is 17.7. The van der Waals surface area contributed by atoms with E-state index in [2.05, 4.69) is 15.4 Å². The van der Waals surface area contributed by atoms with Crippen molar-refractivity contribution in [3.05, 3.63) is 35.8 Å². The molecule has 0 aromatic carbocycles. The number of carbonyl (C=O) groups excluding carboxylic acids is 1. The second-order valence-corrected chi connectivity index (χ2v) is 7.03. The number of carbonyl (C=O) groups is 1. The van der Waals surface area contributed by atoms with E-state index in [-0.39, 0.29) is 17.3 Å². The molecular formula is C18H23F2N5O2. The van der Waals surface area contributed by atoms with Gasteiger partial charge in [0, 0.05) is 6.20 Å². The van der Waals surface area contributed by atoms with Crippen LogP contribution in [-0.4, -0.2) is 32.2 Å². The van der Waals surface area contributed by atoms with Crippen LogP contribution in [0.3, 0.4) is 0 Å². The average Bonchev–Trinajstić information content (AvgIpc) is 3.07. The number of nitrogens with one attached hydrogen (secondary N) is 1. The van der Waals surface area contributed by atoms with Gasteiger partial charge in [-0.3, -0.25) is 14.5 Å². The number of hydrogen-bond acceptors (Lipinski definition) is 5. The third-order valence-electron chi connectivity index (χ3n) is 4.92. The number of nitrogens with two attached hydrogens (primary N) is 1. The summed E-state index contributed by atoms with van der Waals surface area (Å²) in [5, 5.41) is 17.2. The molecule has 2 aromatic heterocycles. The van der Waals surface area contributed by atoms with Gasteiger partial charge in [-0.1, -0.05) is 19.3 Å². The molecule has 1 aliphatic carbocycles. The Morgan fingerprint density at radius 3 is 2.63 bits per heavy atom. The Bertz CT molecular complexity index is 799. The van der Waals surface area contributed by atoms with Crippen molar-refractivity contribution < 1.29 is 18.7 Å². The van der Waals surface area contributed by atoms with Gasteiger partial charge < -0.3 is 16.2 Å². The van der Waals surface area contributed by atoms with Crippen molar-refractivity contribution in [1.29, 1.82) is 0 Å². The third kappa shape index (κ3) is 4.08. The Balaban J connectivity index is 1.82. The van der Waals surface area contributed by atoms with Crippen LogP contribution in [0.2, 0.25) is 0 Å². The summed E-state index contributed by atoms with van der Waals surface area (Å²) in [5.74, 6) is -0.312. The molecule has 7 nitrogen and oxygen atoms in total. The van der Waals surface area contributed by atoms with Crippen molar-refractivity contribution in [2.24, 2.45) is 5.73 Å². The Morgan fingerprint density at radius 2 is 2.07 bits per heavy atom. The summed E-state index contributed by atoms with van der Waals surface area (Å²) in [5.41, 5.74) is 3.68. The van der Waals surface area contributed by atoms with Crippen LogP contribution >= 0.6 is 0 Å². The van der Waals surface area contributed by atoms with Crippen molar-refractivity contribution in [3.63, 3.8) is 0 Å². The van der Waals surface area contributed by atoms with Crippen molar-refractivity contribution >= 4 is 17.4 Å². The summed E-state index contributed by atoms with van der Waals surface area (Å²) in [7, 11) is 0. The number of nitrogens with zero attached hydrogens (tertiary/aromatic N) is 3. The molecule has 27 heavy (non-hydrogen) atoms. The van der Waals surface area contributed by atoms with E-state index < -0.39 is 17.9 Å². The van der Waals surface area contributed by atoms with Gasteiger partial charge in [0.15, 0.2) is 11.4 Å². The Hall–Kier alpha value is -2.55. The molecule has 2 aromatic rings. The maximum atomic E-state index is 12.9. The zero-order valence-corrected chi connectivity index (χ0v) is 15.0. The molecule has 3 rings (SSSR count). The number of aliphatic hydroxyl groups is 1. The molecular weight excluding hydrogens is 356 g/mol. The first kappa shape index (κ1) is 19.2. The lowest BCUT2D eigenvalue weighted by Crippen LogP contribution is -2.31. The molecule has 1 atom stereocenters. The van der Waals surface area contributed by atoms with Crippen LogP contribution in [-0.2, 0) is 5.60 Å². The van der Waals surface area contributed by atoms with E-state index in [0.29, 0.717) is 11.5 Å². The van der Waals surface area contributed by atoms with Gasteiger partial charge in [0.05, 0.1) is 23.6 Å². The Kier molecular flexibility index (Phi) is 5.41. The number of rotatable bonds is 6. The summed E-state index contributed by atoms with van der Waals surface area (Å²) in [6.07, 6.45) is 5.42.